The Morgan fingerprint density at radius 2 is 2.04 bits per heavy atom. The number of carbonyl (C=O) groups is 1. The fourth-order valence-electron chi connectivity index (χ4n) is 3.02. The molecule has 0 aromatic heterocycles. The summed E-state index contributed by atoms with van der Waals surface area (Å²) in [6.45, 7) is 0. The average Bonchev–Trinajstić information content (AvgIpc) is 2.96. The second-order valence-electron chi connectivity index (χ2n) is 6.05. The van der Waals surface area contributed by atoms with E-state index < -0.39 is 17.7 Å². The minimum absolute atomic E-state index is 0.00702. The Bertz CT molecular complexity index is 612. The predicted octanol–water partition coefficient (Wildman–Crippen LogP) is 3.72. The molecule has 0 bridgehead atoms. The van der Waals surface area contributed by atoms with E-state index in [4.69, 9.17) is 9.57 Å². The number of hydrogen-bond donors (Lipinski definition) is 0. The van der Waals surface area contributed by atoms with Crippen LogP contribution in [-0.4, -0.2) is 23.9 Å². The number of esters is 1. The molecule has 23 heavy (non-hydrogen) atoms. The lowest BCUT2D eigenvalue weighted by molar-refractivity contribution is -0.153. The quantitative estimate of drug-likeness (QED) is 0.793. The fourth-order valence-corrected chi connectivity index (χ4v) is 3.02. The van der Waals surface area contributed by atoms with Crippen molar-refractivity contribution in [1.29, 1.82) is 0 Å². The molecule has 2 aliphatic rings. The number of halogens is 2. The van der Waals surface area contributed by atoms with Gasteiger partial charge in [-0.25, -0.2) is 8.78 Å². The Kier molecular flexibility index (Phi) is 4.88. The highest BCUT2D eigenvalue weighted by atomic mass is 19.1. The average molecular weight is 323 g/mol. The minimum Gasteiger partial charge on any atom is -0.462 e. The third kappa shape index (κ3) is 4.06. The van der Waals surface area contributed by atoms with Gasteiger partial charge < -0.3 is 9.57 Å². The first-order chi connectivity index (χ1) is 11.1. The second kappa shape index (κ2) is 7.06. The number of oxime groups is 1. The van der Waals surface area contributed by atoms with Gasteiger partial charge in [0.25, 0.3) is 0 Å². The summed E-state index contributed by atoms with van der Waals surface area (Å²) < 4.78 is 32.1. The Balaban J connectivity index is 1.51. The lowest BCUT2D eigenvalue weighted by Gasteiger charge is -2.22. The second-order valence-corrected chi connectivity index (χ2v) is 6.05. The molecule has 1 saturated carbocycles. The molecule has 1 aliphatic carbocycles. The fraction of sp³-hybridized carbons (Fsp3) is 0.529. The van der Waals surface area contributed by atoms with Crippen molar-refractivity contribution in [3.05, 3.63) is 35.4 Å². The SMILES string of the molecule is O=C(CC1CC(c2ccc(F)cc2F)=NO1)OC1CCCCC1. The first kappa shape index (κ1) is 15.9. The molecule has 1 aromatic rings. The van der Waals surface area contributed by atoms with Crippen LogP contribution in [0.4, 0.5) is 8.78 Å². The summed E-state index contributed by atoms with van der Waals surface area (Å²) in [5.74, 6) is -1.63. The molecular weight excluding hydrogens is 304 g/mol. The van der Waals surface area contributed by atoms with E-state index in [2.05, 4.69) is 5.16 Å². The monoisotopic (exact) mass is 323 g/mol. The summed E-state index contributed by atoms with van der Waals surface area (Å²) in [7, 11) is 0. The number of nitrogens with zero attached hydrogens (tertiary/aromatic N) is 1. The van der Waals surface area contributed by atoms with Crippen LogP contribution in [0.5, 0.6) is 0 Å². The van der Waals surface area contributed by atoms with Crippen molar-refractivity contribution in [2.24, 2.45) is 5.16 Å². The van der Waals surface area contributed by atoms with Crippen molar-refractivity contribution in [1.82, 2.24) is 0 Å². The number of ether oxygens (including phenoxy) is 1. The summed E-state index contributed by atoms with van der Waals surface area (Å²) in [5.41, 5.74) is 0.590. The highest BCUT2D eigenvalue weighted by molar-refractivity contribution is 6.01. The maximum atomic E-state index is 13.7. The maximum Gasteiger partial charge on any atom is 0.309 e. The molecule has 1 heterocycles. The van der Waals surface area contributed by atoms with Crippen LogP contribution < -0.4 is 0 Å². The molecule has 124 valence electrons. The molecule has 1 aliphatic heterocycles. The molecule has 0 saturated heterocycles. The number of carbonyl (C=O) groups excluding carboxylic acids is 1. The molecule has 6 heteroatoms. The molecule has 1 unspecified atom stereocenters. The van der Waals surface area contributed by atoms with E-state index in [-0.39, 0.29) is 24.1 Å². The van der Waals surface area contributed by atoms with E-state index in [1.54, 1.807) is 0 Å². The van der Waals surface area contributed by atoms with Crippen LogP contribution in [0.2, 0.25) is 0 Å². The molecule has 0 N–H and O–H groups in total. The van der Waals surface area contributed by atoms with Crippen molar-refractivity contribution < 1.29 is 23.1 Å². The lowest BCUT2D eigenvalue weighted by atomic mass is 9.98. The lowest BCUT2D eigenvalue weighted by Crippen LogP contribution is -2.24. The van der Waals surface area contributed by atoms with Crippen LogP contribution in [0.25, 0.3) is 0 Å². The first-order valence-electron chi connectivity index (χ1n) is 7.99. The van der Waals surface area contributed by atoms with E-state index in [1.165, 1.54) is 18.6 Å². The van der Waals surface area contributed by atoms with Crippen molar-refractivity contribution >= 4 is 11.7 Å². The van der Waals surface area contributed by atoms with Crippen LogP contribution in [0.3, 0.4) is 0 Å². The Morgan fingerprint density at radius 1 is 1.26 bits per heavy atom. The molecule has 1 atom stereocenters. The van der Waals surface area contributed by atoms with Crippen LogP contribution in [0.1, 0.15) is 50.5 Å². The zero-order chi connectivity index (χ0) is 16.2. The van der Waals surface area contributed by atoms with Gasteiger partial charge >= 0.3 is 5.97 Å². The zero-order valence-corrected chi connectivity index (χ0v) is 12.8. The van der Waals surface area contributed by atoms with Gasteiger partial charge in [-0.05, 0) is 37.8 Å². The van der Waals surface area contributed by atoms with E-state index in [0.717, 1.165) is 31.7 Å². The van der Waals surface area contributed by atoms with Crippen LogP contribution in [-0.2, 0) is 14.4 Å². The van der Waals surface area contributed by atoms with Crippen LogP contribution in [0, 0.1) is 11.6 Å². The number of hydrogen-bond acceptors (Lipinski definition) is 4. The maximum absolute atomic E-state index is 13.7. The Labute approximate surface area is 133 Å². The van der Waals surface area contributed by atoms with Gasteiger partial charge in [0.1, 0.15) is 23.8 Å². The van der Waals surface area contributed by atoms with Crippen molar-refractivity contribution in [3.63, 3.8) is 0 Å². The van der Waals surface area contributed by atoms with Gasteiger partial charge in [-0.2, -0.15) is 0 Å². The standard InChI is InChI=1S/C17H19F2NO3/c18-11-6-7-14(15(19)8-11)16-9-13(23-20-16)10-17(21)22-12-4-2-1-3-5-12/h6-8,12-13H,1-5,9-10H2. The van der Waals surface area contributed by atoms with Crippen LogP contribution in [0.15, 0.2) is 23.4 Å². The highest BCUT2D eigenvalue weighted by Gasteiger charge is 2.28. The Morgan fingerprint density at radius 3 is 2.78 bits per heavy atom. The van der Waals surface area contributed by atoms with Gasteiger partial charge in [-0.15, -0.1) is 0 Å². The number of rotatable bonds is 4. The van der Waals surface area contributed by atoms with Gasteiger partial charge in [-0.3, -0.25) is 4.79 Å². The van der Waals surface area contributed by atoms with E-state index in [9.17, 15) is 13.6 Å². The molecule has 3 rings (SSSR count). The van der Waals surface area contributed by atoms with Crippen molar-refractivity contribution in [3.8, 4) is 0 Å². The number of benzene rings is 1. The normalized spacial score (nSPS) is 21.7. The summed E-state index contributed by atoms with van der Waals surface area (Å²) in [5, 5.41) is 3.82. The highest BCUT2D eigenvalue weighted by Crippen LogP contribution is 2.24. The topological polar surface area (TPSA) is 47.9 Å². The molecule has 1 fully saturated rings. The van der Waals surface area contributed by atoms with E-state index in [1.807, 2.05) is 0 Å². The Hall–Kier alpha value is -1.98. The summed E-state index contributed by atoms with van der Waals surface area (Å²) in [6.07, 6.45) is 5.16. The zero-order valence-electron chi connectivity index (χ0n) is 12.8. The molecule has 1 aromatic carbocycles. The molecular formula is C17H19F2NO3. The summed E-state index contributed by atoms with van der Waals surface area (Å²) in [6, 6.07) is 3.31. The minimum atomic E-state index is -0.683. The van der Waals surface area contributed by atoms with Crippen molar-refractivity contribution in [2.75, 3.05) is 0 Å². The third-order valence-electron chi connectivity index (χ3n) is 4.22. The summed E-state index contributed by atoms with van der Waals surface area (Å²) in [4.78, 5) is 17.1. The van der Waals surface area contributed by atoms with E-state index >= 15 is 0 Å². The molecule has 4 nitrogen and oxygen atoms in total. The van der Waals surface area contributed by atoms with Gasteiger partial charge in [0, 0.05) is 18.1 Å². The van der Waals surface area contributed by atoms with Crippen molar-refractivity contribution in [2.45, 2.75) is 57.2 Å². The van der Waals surface area contributed by atoms with Gasteiger partial charge in [0.2, 0.25) is 0 Å². The molecule has 0 amide bonds. The van der Waals surface area contributed by atoms with Crippen LogP contribution >= 0.6 is 0 Å². The van der Waals surface area contributed by atoms with Gasteiger partial charge in [-0.1, -0.05) is 11.6 Å². The first-order valence-corrected chi connectivity index (χ1v) is 7.99. The smallest absolute Gasteiger partial charge is 0.309 e. The van der Waals surface area contributed by atoms with Gasteiger partial charge in [0.15, 0.2) is 0 Å². The summed E-state index contributed by atoms with van der Waals surface area (Å²) >= 11 is 0. The third-order valence-corrected chi connectivity index (χ3v) is 4.22. The van der Waals surface area contributed by atoms with E-state index in [0.29, 0.717) is 12.1 Å². The molecule has 0 spiro atoms. The van der Waals surface area contributed by atoms with Gasteiger partial charge in [0.05, 0.1) is 12.1 Å². The predicted molar refractivity (Wildman–Crippen MR) is 80.0 cm³/mol. The largest absolute Gasteiger partial charge is 0.462 e. The molecule has 0 radical (unpaired) electrons.